The summed E-state index contributed by atoms with van der Waals surface area (Å²) in [6, 6.07) is 2.65. The van der Waals surface area contributed by atoms with Gasteiger partial charge in [-0.2, -0.15) is 0 Å². The van der Waals surface area contributed by atoms with Crippen LogP contribution in [0.3, 0.4) is 0 Å². The van der Waals surface area contributed by atoms with Gasteiger partial charge in [-0.05, 0) is 19.1 Å². The van der Waals surface area contributed by atoms with Gasteiger partial charge in [0.2, 0.25) is 0 Å². The smallest absolute Gasteiger partial charge is 0.337 e. The first-order valence-corrected chi connectivity index (χ1v) is 5.76. The van der Waals surface area contributed by atoms with Crippen LogP contribution in [0.15, 0.2) is 12.1 Å². The zero-order chi connectivity index (χ0) is 14.2. The molecule has 7 heteroatoms. The van der Waals surface area contributed by atoms with Crippen molar-refractivity contribution >= 4 is 11.9 Å². The molecular weight excluding hydrogens is 252 g/mol. The number of aliphatic hydroxyl groups excluding tert-OH is 2. The van der Waals surface area contributed by atoms with E-state index in [-0.39, 0.29) is 30.0 Å². The van der Waals surface area contributed by atoms with Gasteiger partial charge in [-0.3, -0.25) is 4.79 Å². The van der Waals surface area contributed by atoms with Crippen molar-refractivity contribution in [1.29, 1.82) is 0 Å². The molecule has 1 aliphatic rings. The van der Waals surface area contributed by atoms with Gasteiger partial charge < -0.3 is 20.2 Å². The molecule has 1 aromatic heterocycles. The second-order valence-electron chi connectivity index (χ2n) is 4.48. The topological polar surface area (TPSA) is 111 Å². The van der Waals surface area contributed by atoms with Crippen LogP contribution in [-0.4, -0.2) is 62.4 Å². The molecule has 19 heavy (non-hydrogen) atoms. The zero-order valence-corrected chi connectivity index (χ0v) is 10.3. The van der Waals surface area contributed by atoms with Gasteiger partial charge >= 0.3 is 5.97 Å². The lowest BCUT2D eigenvalue weighted by Gasteiger charge is -2.15. The van der Waals surface area contributed by atoms with Crippen LogP contribution in [0, 0.1) is 6.92 Å². The number of hydrogen-bond donors (Lipinski definition) is 3. The SMILES string of the molecule is Cc1nc(C(=O)N2CC(O)C(O)C2)ccc1C(=O)O. The molecule has 1 fully saturated rings. The largest absolute Gasteiger partial charge is 0.478 e. The number of carboxylic acids is 1. The Morgan fingerprint density at radius 1 is 1.26 bits per heavy atom. The first kappa shape index (κ1) is 13.4. The van der Waals surface area contributed by atoms with Crippen LogP contribution in [0.25, 0.3) is 0 Å². The van der Waals surface area contributed by atoms with Crippen LogP contribution < -0.4 is 0 Å². The number of hydrogen-bond acceptors (Lipinski definition) is 5. The van der Waals surface area contributed by atoms with Gasteiger partial charge in [-0.25, -0.2) is 9.78 Å². The number of β-amino-alcohol motifs (C(OH)–C–C–N with tert-alkyl or cyclic N) is 2. The third kappa shape index (κ3) is 2.56. The van der Waals surface area contributed by atoms with E-state index >= 15 is 0 Å². The molecule has 102 valence electrons. The van der Waals surface area contributed by atoms with E-state index in [9.17, 15) is 19.8 Å². The van der Waals surface area contributed by atoms with Gasteiger partial charge in [0.15, 0.2) is 0 Å². The highest BCUT2D eigenvalue weighted by Crippen LogP contribution is 2.14. The van der Waals surface area contributed by atoms with Crippen LogP contribution in [0.5, 0.6) is 0 Å². The number of aromatic nitrogens is 1. The van der Waals surface area contributed by atoms with Crippen molar-refractivity contribution in [1.82, 2.24) is 9.88 Å². The molecule has 3 N–H and O–H groups in total. The molecule has 1 aliphatic heterocycles. The molecule has 7 nitrogen and oxygen atoms in total. The van der Waals surface area contributed by atoms with Gasteiger partial charge in [0.25, 0.3) is 5.91 Å². The summed E-state index contributed by atoms with van der Waals surface area (Å²) in [5, 5.41) is 27.7. The Kier molecular flexibility index (Phi) is 3.50. The molecule has 2 heterocycles. The standard InChI is InChI=1S/C12H14N2O5/c1-6-7(12(18)19)2-3-8(13-6)11(17)14-4-9(15)10(16)5-14/h2-3,9-10,15-16H,4-5H2,1H3,(H,18,19). The summed E-state index contributed by atoms with van der Waals surface area (Å²) in [4.78, 5) is 28.2. The zero-order valence-electron chi connectivity index (χ0n) is 10.3. The van der Waals surface area contributed by atoms with Gasteiger partial charge in [0.05, 0.1) is 23.5 Å². The first-order chi connectivity index (χ1) is 8.90. The van der Waals surface area contributed by atoms with E-state index in [1.165, 1.54) is 24.0 Å². The number of pyridine rings is 1. The van der Waals surface area contributed by atoms with Crippen LogP contribution in [0.1, 0.15) is 26.5 Å². The van der Waals surface area contributed by atoms with Crippen molar-refractivity contribution in [2.75, 3.05) is 13.1 Å². The van der Waals surface area contributed by atoms with E-state index in [1.54, 1.807) is 0 Å². The second kappa shape index (κ2) is 4.94. The fourth-order valence-corrected chi connectivity index (χ4v) is 2.00. The minimum absolute atomic E-state index is 0.0399. The predicted octanol–water partition coefficient (Wildman–Crippen LogP) is -0.734. The lowest BCUT2D eigenvalue weighted by atomic mass is 10.2. The summed E-state index contributed by atoms with van der Waals surface area (Å²) in [5.74, 6) is -1.54. The minimum atomic E-state index is -1.10. The highest BCUT2D eigenvalue weighted by atomic mass is 16.4. The maximum atomic E-state index is 12.1. The molecule has 0 radical (unpaired) electrons. The Morgan fingerprint density at radius 3 is 2.32 bits per heavy atom. The molecule has 1 aromatic rings. The number of carboxylic acid groups (broad SMARTS) is 1. The van der Waals surface area contributed by atoms with Gasteiger partial charge in [-0.1, -0.05) is 0 Å². The van der Waals surface area contributed by atoms with Crippen molar-refractivity contribution in [3.63, 3.8) is 0 Å². The monoisotopic (exact) mass is 266 g/mol. The molecule has 2 rings (SSSR count). The van der Waals surface area contributed by atoms with Crippen molar-refractivity contribution in [3.8, 4) is 0 Å². The number of nitrogens with zero attached hydrogens (tertiary/aromatic N) is 2. The van der Waals surface area contributed by atoms with E-state index in [0.717, 1.165) is 0 Å². The summed E-state index contributed by atoms with van der Waals surface area (Å²) >= 11 is 0. The Labute approximate surface area is 109 Å². The second-order valence-corrected chi connectivity index (χ2v) is 4.48. The molecule has 0 spiro atoms. The lowest BCUT2D eigenvalue weighted by Crippen LogP contribution is -2.30. The molecule has 0 aliphatic carbocycles. The molecule has 2 atom stereocenters. The van der Waals surface area contributed by atoms with Crippen LogP contribution in [-0.2, 0) is 0 Å². The normalized spacial score (nSPS) is 22.6. The van der Waals surface area contributed by atoms with Gasteiger partial charge in [-0.15, -0.1) is 0 Å². The summed E-state index contributed by atoms with van der Waals surface area (Å²) < 4.78 is 0. The van der Waals surface area contributed by atoms with Crippen molar-refractivity contribution in [3.05, 3.63) is 29.1 Å². The number of aryl methyl sites for hydroxylation is 1. The predicted molar refractivity (Wildman–Crippen MR) is 63.9 cm³/mol. The molecule has 1 amide bonds. The fraction of sp³-hybridized carbons (Fsp3) is 0.417. The van der Waals surface area contributed by atoms with Crippen LogP contribution in [0.2, 0.25) is 0 Å². The first-order valence-electron chi connectivity index (χ1n) is 5.76. The molecule has 0 aromatic carbocycles. The fourth-order valence-electron chi connectivity index (χ4n) is 2.00. The van der Waals surface area contributed by atoms with Crippen LogP contribution >= 0.6 is 0 Å². The van der Waals surface area contributed by atoms with E-state index in [4.69, 9.17) is 5.11 Å². The Balaban J connectivity index is 2.21. The summed E-state index contributed by atoms with van der Waals surface area (Å²) in [6.45, 7) is 1.59. The average molecular weight is 266 g/mol. The third-order valence-electron chi connectivity index (χ3n) is 3.08. The number of amides is 1. The number of aromatic carboxylic acids is 1. The highest BCUT2D eigenvalue weighted by molar-refractivity contribution is 5.94. The maximum Gasteiger partial charge on any atom is 0.337 e. The number of carbonyl (C=O) groups is 2. The van der Waals surface area contributed by atoms with Crippen molar-refractivity contribution < 1.29 is 24.9 Å². The quantitative estimate of drug-likeness (QED) is 0.650. The van der Waals surface area contributed by atoms with Crippen molar-refractivity contribution in [2.45, 2.75) is 19.1 Å². The van der Waals surface area contributed by atoms with Crippen LogP contribution in [0.4, 0.5) is 0 Å². The molecule has 0 saturated carbocycles. The number of aliphatic hydroxyl groups is 2. The number of likely N-dealkylation sites (tertiary alicyclic amines) is 1. The maximum absolute atomic E-state index is 12.1. The molecular formula is C12H14N2O5. The van der Waals surface area contributed by atoms with Gasteiger partial charge in [0, 0.05) is 13.1 Å². The van der Waals surface area contributed by atoms with Gasteiger partial charge in [0.1, 0.15) is 5.69 Å². The summed E-state index contributed by atoms with van der Waals surface area (Å²) in [6.07, 6.45) is -1.91. The average Bonchev–Trinajstić information content (AvgIpc) is 2.68. The van der Waals surface area contributed by atoms with E-state index in [2.05, 4.69) is 4.98 Å². The third-order valence-corrected chi connectivity index (χ3v) is 3.08. The number of carbonyl (C=O) groups excluding carboxylic acids is 1. The number of rotatable bonds is 2. The molecule has 1 saturated heterocycles. The minimum Gasteiger partial charge on any atom is -0.478 e. The molecule has 2 unspecified atom stereocenters. The lowest BCUT2D eigenvalue weighted by molar-refractivity contribution is 0.0572. The van der Waals surface area contributed by atoms with E-state index < -0.39 is 24.1 Å². The Hall–Kier alpha value is -1.99. The summed E-state index contributed by atoms with van der Waals surface area (Å²) in [7, 11) is 0. The van der Waals surface area contributed by atoms with Crippen molar-refractivity contribution in [2.24, 2.45) is 0 Å². The van der Waals surface area contributed by atoms with E-state index in [0.29, 0.717) is 0 Å². The molecule has 0 bridgehead atoms. The Morgan fingerprint density at radius 2 is 1.84 bits per heavy atom. The Bertz CT molecular complexity index is 521. The highest BCUT2D eigenvalue weighted by Gasteiger charge is 2.33. The summed E-state index contributed by atoms with van der Waals surface area (Å²) in [5.41, 5.74) is 0.389. The van der Waals surface area contributed by atoms with E-state index in [1.807, 2.05) is 0 Å².